The quantitative estimate of drug-likeness (QED) is 0.844. The van der Waals surface area contributed by atoms with Crippen LogP contribution in [0.3, 0.4) is 0 Å². The molecule has 3 heteroatoms. The number of anilines is 1. The minimum absolute atomic E-state index is 0.0305. The van der Waals surface area contributed by atoms with Gasteiger partial charge in [0.15, 0.2) is 0 Å². The van der Waals surface area contributed by atoms with E-state index in [1.807, 2.05) is 6.08 Å². The first kappa shape index (κ1) is 12.7. The van der Waals surface area contributed by atoms with Crippen LogP contribution in [0.5, 0.6) is 0 Å². The summed E-state index contributed by atoms with van der Waals surface area (Å²) < 4.78 is 5.62. The summed E-state index contributed by atoms with van der Waals surface area (Å²) in [6.45, 7) is 5.98. The van der Waals surface area contributed by atoms with E-state index in [1.165, 1.54) is 11.3 Å². The average Bonchev–Trinajstić information content (AvgIpc) is 2.83. The van der Waals surface area contributed by atoms with Gasteiger partial charge in [0.25, 0.3) is 0 Å². The van der Waals surface area contributed by atoms with Crippen molar-refractivity contribution in [2.45, 2.75) is 30.9 Å². The Morgan fingerprint density at radius 1 is 1.47 bits per heavy atom. The zero-order valence-corrected chi connectivity index (χ0v) is 11.2. The predicted molar refractivity (Wildman–Crippen MR) is 76.5 cm³/mol. The van der Waals surface area contributed by atoms with Crippen molar-refractivity contribution in [1.82, 2.24) is 0 Å². The highest BCUT2D eigenvalue weighted by atomic mass is 16.5. The van der Waals surface area contributed by atoms with Crippen molar-refractivity contribution in [3.63, 3.8) is 0 Å². The number of benzene rings is 1. The molecule has 0 aliphatic carbocycles. The first-order valence-electron chi connectivity index (χ1n) is 7.00. The summed E-state index contributed by atoms with van der Waals surface area (Å²) in [5.74, 6) is 0. The van der Waals surface area contributed by atoms with Gasteiger partial charge in [-0.3, -0.25) is 0 Å². The summed E-state index contributed by atoms with van der Waals surface area (Å²) >= 11 is 0. The number of hydrogen-bond donors (Lipinski definition) is 1. The molecule has 0 radical (unpaired) electrons. The molecule has 1 saturated heterocycles. The number of fused-ring (bicyclic) bond motifs is 1. The minimum atomic E-state index is -0.711. The fourth-order valence-corrected chi connectivity index (χ4v) is 3.32. The molecule has 2 aliphatic heterocycles. The van der Waals surface area contributed by atoms with Crippen LogP contribution in [0, 0.1) is 0 Å². The monoisotopic (exact) mass is 259 g/mol. The van der Waals surface area contributed by atoms with Gasteiger partial charge in [0, 0.05) is 25.3 Å². The van der Waals surface area contributed by atoms with E-state index in [9.17, 15) is 5.11 Å². The predicted octanol–water partition coefficient (Wildman–Crippen LogP) is 2.15. The molecule has 1 N–H and O–H groups in total. The van der Waals surface area contributed by atoms with Gasteiger partial charge in [-0.2, -0.15) is 0 Å². The maximum Gasteiger partial charge on any atom is 0.0928 e. The summed E-state index contributed by atoms with van der Waals surface area (Å²) in [5.41, 5.74) is 1.91. The van der Waals surface area contributed by atoms with Gasteiger partial charge in [-0.25, -0.2) is 0 Å². The zero-order chi connectivity index (χ0) is 13.3. The maximum atomic E-state index is 10.9. The van der Waals surface area contributed by atoms with Gasteiger partial charge < -0.3 is 14.7 Å². The SMILES string of the molecule is C=CC[C@@]1(O)CCOC[C@@H]1N1CCc2ccccc21. The molecule has 3 nitrogen and oxygen atoms in total. The Hall–Kier alpha value is -1.32. The first-order chi connectivity index (χ1) is 9.24. The number of para-hydroxylation sites is 1. The second-order valence-corrected chi connectivity index (χ2v) is 5.51. The van der Waals surface area contributed by atoms with Crippen LogP contribution in [0.2, 0.25) is 0 Å². The van der Waals surface area contributed by atoms with Gasteiger partial charge in [0.2, 0.25) is 0 Å². The molecular formula is C16H21NO2. The van der Waals surface area contributed by atoms with Gasteiger partial charge in [-0.1, -0.05) is 24.3 Å². The number of aliphatic hydroxyl groups is 1. The Labute approximate surface area is 114 Å². The molecule has 1 fully saturated rings. The molecule has 2 heterocycles. The lowest BCUT2D eigenvalue weighted by atomic mass is 9.85. The normalized spacial score (nSPS) is 30.2. The van der Waals surface area contributed by atoms with Crippen LogP contribution in [0.4, 0.5) is 5.69 Å². The van der Waals surface area contributed by atoms with Gasteiger partial charge in [0.1, 0.15) is 0 Å². The van der Waals surface area contributed by atoms with Crippen molar-refractivity contribution >= 4 is 5.69 Å². The fraction of sp³-hybridized carbons (Fsp3) is 0.500. The molecule has 0 unspecified atom stereocenters. The third kappa shape index (κ3) is 2.17. The molecule has 19 heavy (non-hydrogen) atoms. The van der Waals surface area contributed by atoms with Gasteiger partial charge >= 0.3 is 0 Å². The topological polar surface area (TPSA) is 32.7 Å². The Kier molecular flexibility index (Phi) is 3.33. The molecule has 2 aliphatic rings. The lowest BCUT2D eigenvalue weighted by Gasteiger charge is -2.45. The number of ether oxygens (including phenoxy) is 1. The summed E-state index contributed by atoms with van der Waals surface area (Å²) in [5, 5.41) is 10.9. The Morgan fingerprint density at radius 2 is 2.32 bits per heavy atom. The molecule has 0 saturated carbocycles. The van der Waals surface area contributed by atoms with Crippen LogP contribution in [0.25, 0.3) is 0 Å². The van der Waals surface area contributed by atoms with Gasteiger partial charge in [-0.05, 0) is 24.5 Å². The minimum Gasteiger partial charge on any atom is -0.387 e. The summed E-state index contributed by atoms with van der Waals surface area (Å²) in [6.07, 6.45) is 4.18. The second-order valence-electron chi connectivity index (χ2n) is 5.51. The van der Waals surface area contributed by atoms with E-state index in [2.05, 4.69) is 35.7 Å². The summed E-state index contributed by atoms with van der Waals surface area (Å²) in [7, 11) is 0. The van der Waals surface area contributed by atoms with E-state index in [4.69, 9.17) is 4.74 Å². The van der Waals surface area contributed by atoms with Crippen molar-refractivity contribution in [2.24, 2.45) is 0 Å². The van der Waals surface area contributed by atoms with E-state index in [0.717, 1.165) is 13.0 Å². The molecule has 0 bridgehead atoms. The van der Waals surface area contributed by atoms with E-state index in [1.54, 1.807) is 0 Å². The molecule has 0 spiro atoms. The van der Waals surface area contributed by atoms with Crippen molar-refractivity contribution in [3.8, 4) is 0 Å². The molecular weight excluding hydrogens is 238 g/mol. The number of hydrogen-bond acceptors (Lipinski definition) is 3. The molecule has 1 aromatic carbocycles. The highest BCUT2D eigenvalue weighted by molar-refractivity contribution is 5.59. The van der Waals surface area contributed by atoms with Crippen molar-refractivity contribution in [2.75, 3.05) is 24.7 Å². The fourth-order valence-electron chi connectivity index (χ4n) is 3.32. The van der Waals surface area contributed by atoms with Crippen LogP contribution in [-0.2, 0) is 11.2 Å². The van der Waals surface area contributed by atoms with E-state index >= 15 is 0 Å². The number of nitrogens with zero attached hydrogens (tertiary/aromatic N) is 1. The van der Waals surface area contributed by atoms with Crippen molar-refractivity contribution < 1.29 is 9.84 Å². The third-order valence-corrected chi connectivity index (χ3v) is 4.37. The molecule has 2 atom stereocenters. The largest absolute Gasteiger partial charge is 0.387 e. The van der Waals surface area contributed by atoms with Crippen LogP contribution in [0.1, 0.15) is 18.4 Å². The lowest BCUT2D eigenvalue weighted by molar-refractivity contribution is -0.0794. The standard InChI is InChI=1S/C16H21NO2/c1-2-8-16(18)9-11-19-12-15(16)17-10-7-13-5-3-4-6-14(13)17/h2-6,15,18H,1,7-12H2/t15-,16+/m0/s1. The highest BCUT2D eigenvalue weighted by Gasteiger charge is 2.43. The Bertz CT molecular complexity index is 474. The summed E-state index contributed by atoms with van der Waals surface area (Å²) in [4.78, 5) is 2.32. The third-order valence-electron chi connectivity index (χ3n) is 4.37. The molecule has 1 aromatic rings. The van der Waals surface area contributed by atoms with Gasteiger partial charge in [0.05, 0.1) is 18.2 Å². The van der Waals surface area contributed by atoms with E-state index < -0.39 is 5.60 Å². The molecule has 102 valence electrons. The lowest BCUT2D eigenvalue weighted by Crippen LogP contribution is -2.58. The van der Waals surface area contributed by atoms with Crippen molar-refractivity contribution in [3.05, 3.63) is 42.5 Å². The Balaban J connectivity index is 1.90. The number of rotatable bonds is 3. The second kappa shape index (κ2) is 4.99. The van der Waals surface area contributed by atoms with Gasteiger partial charge in [-0.15, -0.1) is 6.58 Å². The van der Waals surface area contributed by atoms with Crippen LogP contribution in [-0.4, -0.2) is 36.5 Å². The highest BCUT2D eigenvalue weighted by Crippen LogP contribution is 2.36. The first-order valence-corrected chi connectivity index (χ1v) is 7.00. The van der Waals surface area contributed by atoms with Crippen LogP contribution < -0.4 is 4.90 Å². The Morgan fingerprint density at radius 3 is 3.16 bits per heavy atom. The smallest absolute Gasteiger partial charge is 0.0928 e. The maximum absolute atomic E-state index is 10.9. The molecule has 0 aromatic heterocycles. The van der Waals surface area contributed by atoms with E-state index in [-0.39, 0.29) is 6.04 Å². The zero-order valence-electron chi connectivity index (χ0n) is 11.2. The summed E-state index contributed by atoms with van der Waals surface area (Å²) in [6, 6.07) is 8.49. The molecule has 0 amide bonds. The van der Waals surface area contributed by atoms with Crippen LogP contribution in [0.15, 0.2) is 36.9 Å². The van der Waals surface area contributed by atoms with Crippen LogP contribution >= 0.6 is 0 Å². The van der Waals surface area contributed by atoms with E-state index in [0.29, 0.717) is 26.1 Å². The van der Waals surface area contributed by atoms with Crippen molar-refractivity contribution in [1.29, 1.82) is 0 Å². The average molecular weight is 259 g/mol. The molecule has 3 rings (SSSR count).